The number of ether oxygens (including phenoxy) is 1. The van der Waals surface area contributed by atoms with Crippen molar-refractivity contribution in [2.24, 2.45) is 0 Å². The Kier molecular flexibility index (Phi) is 10.4. The molecular formula is C28H35F3N4O2S3. The number of alkyl halides is 3. The van der Waals surface area contributed by atoms with E-state index >= 15 is 0 Å². The number of nitrogens with one attached hydrogen (secondary N) is 1. The molecule has 40 heavy (non-hydrogen) atoms. The molecule has 218 valence electrons. The first-order chi connectivity index (χ1) is 19.1. The van der Waals surface area contributed by atoms with Crippen molar-refractivity contribution in [2.45, 2.75) is 75.4 Å². The maximum atomic E-state index is 12.8. The highest BCUT2D eigenvalue weighted by molar-refractivity contribution is 7.99. The molecule has 1 saturated heterocycles. The normalized spacial score (nSPS) is 19.5. The lowest BCUT2D eigenvalue weighted by Crippen LogP contribution is -2.48. The number of rotatable bonds is 7. The molecule has 5 heterocycles. The first kappa shape index (κ1) is 31.1. The second kappa shape index (κ2) is 13.4. The fourth-order valence-corrected chi connectivity index (χ4v) is 7.88. The van der Waals surface area contributed by atoms with Crippen molar-refractivity contribution >= 4 is 40.7 Å². The third-order valence-corrected chi connectivity index (χ3v) is 10.5. The molecule has 0 aromatic carbocycles. The molecule has 1 fully saturated rings. The molecule has 2 aliphatic heterocycles. The number of pyridine rings is 1. The number of halogens is 3. The highest BCUT2D eigenvalue weighted by Crippen LogP contribution is 2.48. The van der Waals surface area contributed by atoms with Gasteiger partial charge >= 0.3 is 6.18 Å². The molecule has 0 aliphatic carbocycles. The summed E-state index contributed by atoms with van der Waals surface area (Å²) >= 11 is 4.05. The average molecular weight is 613 g/mol. The number of piperidine rings is 1. The van der Waals surface area contributed by atoms with Crippen molar-refractivity contribution in [3.05, 3.63) is 61.5 Å². The van der Waals surface area contributed by atoms with Gasteiger partial charge in [0.15, 0.2) is 11.3 Å². The molecule has 0 saturated carbocycles. The topological polar surface area (TPSA) is 67.4 Å². The zero-order valence-electron chi connectivity index (χ0n) is 23.1. The largest absolute Gasteiger partial charge is 0.443 e. The highest BCUT2D eigenvalue weighted by atomic mass is 32.2. The Morgan fingerprint density at radius 3 is 2.58 bits per heavy atom. The fourth-order valence-electron chi connectivity index (χ4n) is 5.19. The van der Waals surface area contributed by atoms with Crippen LogP contribution >= 0.6 is 34.4 Å². The van der Waals surface area contributed by atoms with Gasteiger partial charge in [-0.2, -0.15) is 13.2 Å². The van der Waals surface area contributed by atoms with E-state index in [1.807, 2.05) is 44.9 Å². The predicted molar refractivity (Wildman–Crippen MR) is 155 cm³/mol. The third-order valence-electron chi connectivity index (χ3n) is 7.09. The standard InChI is InChI=1S/C19H21F3N2O2S2.C9H14N2S/c1-11-7-13-8-14(10-25)27-16(13)18(26-11)3-5-24(6-4-18)12(2)15-9-23-17(28-15)19(20,21)22;1-3-12-9-5-4-8(6-10-2)11-7-9/h8-12H,3-7H2,1-2H3;4-5,7,10H,3,6H2,1-2H3/t11-,12?;/m1./s1. The molecule has 0 amide bonds. The molecule has 5 rings (SSSR count). The molecule has 12 heteroatoms. The second-order valence-electron chi connectivity index (χ2n) is 9.97. The summed E-state index contributed by atoms with van der Waals surface area (Å²) in [5.41, 5.74) is 1.91. The van der Waals surface area contributed by atoms with Gasteiger partial charge in [0, 0.05) is 52.7 Å². The number of carbonyl (C=O) groups is 1. The van der Waals surface area contributed by atoms with Crippen LogP contribution in [0.1, 0.15) is 75.3 Å². The van der Waals surface area contributed by atoms with E-state index < -0.39 is 11.2 Å². The van der Waals surface area contributed by atoms with Crippen molar-refractivity contribution in [1.29, 1.82) is 0 Å². The maximum absolute atomic E-state index is 12.8. The van der Waals surface area contributed by atoms with Crippen molar-refractivity contribution < 1.29 is 22.7 Å². The Morgan fingerprint density at radius 2 is 2.00 bits per heavy atom. The van der Waals surface area contributed by atoms with Gasteiger partial charge in [-0.1, -0.05) is 6.92 Å². The molecule has 3 aromatic rings. The average Bonchev–Trinajstić information content (AvgIpc) is 3.59. The van der Waals surface area contributed by atoms with Crippen molar-refractivity contribution in [2.75, 3.05) is 25.9 Å². The minimum Gasteiger partial charge on any atom is -0.366 e. The molecule has 1 N–H and O–H groups in total. The van der Waals surface area contributed by atoms with E-state index in [1.165, 1.54) is 28.0 Å². The molecule has 2 atom stereocenters. The summed E-state index contributed by atoms with van der Waals surface area (Å²) in [4.78, 5) is 25.0. The molecule has 3 aromatic heterocycles. The van der Waals surface area contributed by atoms with E-state index in [2.05, 4.69) is 39.2 Å². The van der Waals surface area contributed by atoms with E-state index in [4.69, 9.17) is 4.74 Å². The van der Waals surface area contributed by atoms with Gasteiger partial charge in [0.25, 0.3) is 0 Å². The Labute approximate surface area is 245 Å². The smallest absolute Gasteiger partial charge is 0.366 e. The number of hydrogen-bond acceptors (Lipinski definition) is 9. The van der Waals surface area contributed by atoms with Gasteiger partial charge in [-0.25, -0.2) is 4.98 Å². The highest BCUT2D eigenvalue weighted by Gasteiger charge is 2.45. The first-order valence-electron chi connectivity index (χ1n) is 13.3. The summed E-state index contributed by atoms with van der Waals surface area (Å²) in [5.74, 6) is 1.10. The summed E-state index contributed by atoms with van der Waals surface area (Å²) in [6.07, 6.45) is 2.18. The summed E-state index contributed by atoms with van der Waals surface area (Å²) in [7, 11) is 1.93. The Hall–Kier alpha value is -1.83. The molecular weight excluding hydrogens is 578 g/mol. The monoisotopic (exact) mass is 612 g/mol. The number of thiazole rings is 1. The maximum Gasteiger partial charge on any atom is 0.443 e. The molecule has 1 spiro atoms. The van der Waals surface area contributed by atoms with Crippen LogP contribution < -0.4 is 5.32 Å². The molecule has 0 radical (unpaired) electrons. The van der Waals surface area contributed by atoms with Crippen LogP contribution in [0.2, 0.25) is 0 Å². The number of fused-ring (bicyclic) bond motifs is 2. The number of nitrogens with zero attached hydrogens (tertiary/aromatic N) is 3. The van der Waals surface area contributed by atoms with Gasteiger partial charge in [0.1, 0.15) is 5.60 Å². The van der Waals surface area contributed by atoms with Gasteiger partial charge in [-0.15, -0.1) is 34.4 Å². The van der Waals surface area contributed by atoms with E-state index in [0.29, 0.717) is 4.88 Å². The Morgan fingerprint density at radius 1 is 1.25 bits per heavy atom. The molecule has 0 bridgehead atoms. The van der Waals surface area contributed by atoms with Gasteiger partial charge in [-0.05, 0) is 69.7 Å². The van der Waals surface area contributed by atoms with Gasteiger partial charge in [0.05, 0.1) is 16.7 Å². The number of likely N-dealkylation sites (tertiary alicyclic amines) is 1. The molecule has 2 aliphatic rings. The number of thioether (sulfide) groups is 1. The van der Waals surface area contributed by atoms with E-state index in [-0.39, 0.29) is 17.7 Å². The van der Waals surface area contributed by atoms with E-state index in [9.17, 15) is 18.0 Å². The van der Waals surface area contributed by atoms with Gasteiger partial charge in [-0.3, -0.25) is 14.7 Å². The summed E-state index contributed by atoms with van der Waals surface area (Å²) in [5, 5.41) is 2.27. The van der Waals surface area contributed by atoms with E-state index in [0.717, 1.165) is 77.7 Å². The SMILES string of the molecule is CC(c1cnc(C(F)(F)F)s1)N1CCC2(CC1)O[C@H](C)Cc1cc(C=O)sc12.CCSc1ccc(CNC)nc1. The zero-order chi connectivity index (χ0) is 28.9. The predicted octanol–water partition coefficient (Wildman–Crippen LogP) is 6.96. The second-order valence-corrected chi connectivity index (χ2v) is 13.5. The molecule has 1 unspecified atom stereocenters. The Balaban J connectivity index is 0.000000259. The van der Waals surface area contributed by atoms with Gasteiger partial charge < -0.3 is 10.1 Å². The van der Waals surface area contributed by atoms with Crippen LogP contribution in [0.3, 0.4) is 0 Å². The van der Waals surface area contributed by atoms with Crippen LogP contribution in [0.25, 0.3) is 0 Å². The Bertz CT molecular complexity index is 1230. The summed E-state index contributed by atoms with van der Waals surface area (Å²) in [6.45, 7) is 8.41. The van der Waals surface area contributed by atoms with Crippen LogP contribution in [-0.2, 0) is 29.5 Å². The number of aldehydes is 1. The minimum atomic E-state index is -4.40. The lowest BCUT2D eigenvalue weighted by molar-refractivity contribution is -0.137. The number of thiophene rings is 1. The van der Waals surface area contributed by atoms with Crippen LogP contribution in [0.15, 0.2) is 35.5 Å². The lowest BCUT2D eigenvalue weighted by atomic mass is 9.83. The van der Waals surface area contributed by atoms with Crippen LogP contribution in [0, 0.1) is 0 Å². The van der Waals surface area contributed by atoms with Crippen LogP contribution in [0.5, 0.6) is 0 Å². The number of hydrogen-bond donors (Lipinski definition) is 1. The van der Waals surface area contributed by atoms with Crippen molar-refractivity contribution in [1.82, 2.24) is 20.2 Å². The summed E-state index contributed by atoms with van der Waals surface area (Å²) in [6, 6.07) is 6.03. The van der Waals surface area contributed by atoms with Gasteiger partial charge in [0.2, 0.25) is 0 Å². The number of aromatic nitrogens is 2. The van der Waals surface area contributed by atoms with Crippen LogP contribution in [0.4, 0.5) is 13.2 Å². The minimum absolute atomic E-state index is 0.0846. The summed E-state index contributed by atoms with van der Waals surface area (Å²) < 4.78 is 44.9. The van der Waals surface area contributed by atoms with E-state index in [1.54, 1.807) is 0 Å². The third kappa shape index (κ3) is 7.32. The van der Waals surface area contributed by atoms with Crippen LogP contribution in [-0.4, -0.2) is 53.1 Å². The van der Waals surface area contributed by atoms with Crippen molar-refractivity contribution in [3.8, 4) is 0 Å². The number of carbonyl (C=O) groups excluding carboxylic acids is 1. The molecule has 6 nitrogen and oxygen atoms in total. The zero-order valence-corrected chi connectivity index (χ0v) is 25.5. The quantitative estimate of drug-likeness (QED) is 0.229. The first-order valence-corrected chi connectivity index (χ1v) is 16.0. The fraction of sp³-hybridized carbons (Fsp3) is 0.536. The lowest BCUT2D eigenvalue weighted by Gasteiger charge is -2.46. The van der Waals surface area contributed by atoms with Crippen molar-refractivity contribution in [3.63, 3.8) is 0 Å².